The Morgan fingerprint density at radius 1 is 1.16 bits per heavy atom. The molecule has 0 bridgehead atoms. The molecule has 1 heterocycles. The zero-order chi connectivity index (χ0) is 13.7. The fourth-order valence-corrected chi connectivity index (χ4v) is 1.46. The van der Waals surface area contributed by atoms with Gasteiger partial charge in [0.05, 0.1) is 12.7 Å². The fraction of sp³-hybridized carbons (Fsp3) is 0.214. The van der Waals surface area contributed by atoms with Gasteiger partial charge in [0.15, 0.2) is 0 Å². The van der Waals surface area contributed by atoms with E-state index in [0.717, 1.165) is 12.0 Å². The SMILES string of the molecule is CCc1cnc(Oc2ccc(C(=O)OC)cc2)nc1. The number of nitrogens with zero attached hydrogens (tertiary/aromatic N) is 2. The second kappa shape index (κ2) is 5.95. The number of carbonyl (C=O) groups excluding carboxylic acids is 1. The predicted molar refractivity (Wildman–Crippen MR) is 69.3 cm³/mol. The van der Waals surface area contributed by atoms with Gasteiger partial charge in [-0.15, -0.1) is 0 Å². The summed E-state index contributed by atoms with van der Waals surface area (Å²) in [5, 5.41) is 0. The van der Waals surface area contributed by atoms with Crippen molar-refractivity contribution in [1.29, 1.82) is 0 Å². The van der Waals surface area contributed by atoms with E-state index in [1.165, 1.54) is 7.11 Å². The van der Waals surface area contributed by atoms with Gasteiger partial charge >= 0.3 is 12.0 Å². The number of benzene rings is 1. The third kappa shape index (κ3) is 3.28. The average Bonchev–Trinajstić information content (AvgIpc) is 2.48. The molecule has 5 nitrogen and oxygen atoms in total. The minimum absolute atomic E-state index is 0.281. The summed E-state index contributed by atoms with van der Waals surface area (Å²) in [6.07, 6.45) is 4.34. The first-order chi connectivity index (χ1) is 9.22. The number of aryl methyl sites for hydroxylation is 1. The first-order valence-electron chi connectivity index (χ1n) is 5.90. The molecule has 0 atom stereocenters. The summed E-state index contributed by atoms with van der Waals surface area (Å²) in [5.41, 5.74) is 1.52. The van der Waals surface area contributed by atoms with Gasteiger partial charge in [-0.25, -0.2) is 14.8 Å². The molecule has 98 valence electrons. The summed E-state index contributed by atoms with van der Waals surface area (Å²) in [4.78, 5) is 19.5. The van der Waals surface area contributed by atoms with Crippen molar-refractivity contribution in [3.8, 4) is 11.8 Å². The summed E-state index contributed by atoms with van der Waals surface area (Å²) in [6.45, 7) is 2.03. The molecule has 1 aromatic carbocycles. The third-order valence-corrected chi connectivity index (χ3v) is 2.57. The molecule has 0 N–H and O–H groups in total. The number of ether oxygens (including phenoxy) is 2. The minimum Gasteiger partial charge on any atom is -0.465 e. The van der Waals surface area contributed by atoms with E-state index in [-0.39, 0.29) is 12.0 Å². The van der Waals surface area contributed by atoms with E-state index in [1.54, 1.807) is 36.7 Å². The molecule has 2 aromatic rings. The van der Waals surface area contributed by atoms with Crippen LogP contribution in [0.3, 0.4) is 0 Å². The number of carbonyl (C=O) groups is 1. The topological polar surface area (TPSA) is 61.3 Å². The molecule has 0 unspecified atom stereocenters. The van der Waals surface area contributed by atoms with Crippen molar-refractivity contribution in [3.63, 3.8) is 0 Å². The van der Waals surface area contributed by atoms with Crippen LogP contribution in [0.15, 0.2) is 36.7 Å². The van der Waals surface area contributed by atoms with Crippen LogP contribution in [0.5, 0.6) is 11.8 Å². The Morgan fingerprint density at radius 2 is 1.79 bits per heavy atom. The molecule has 0 radical (unpaired) electrons. The van der Waals surface area contributed by atoms with Crippen molar-refractivity contribution >= 4 is 5.97 Å². The van der Waals surface area contributed by atoms with Gasteiger partial charge in [-0.1, -0.05) is 6.92 Å². The number of rotatable bonds is 4. The van der Waals surface area contributed by atoms with Crippen molar-refractivity contribution in [3.05, 3.63) is 47.8 Å². The largest absolute Gasteiger partial charge is 0.465 e. The molecular formula is C14H14N2O3. The maximum absolute atomic E-state index is 11.3. The van der Waals surface area contributed by atoms with E-state index in [9.17, 15) is 4.79 Å². The van der Waals surface area contributed by atoms with Gasteiger partial charge in [0.2, 0.25) is 0 Å². The normalized spacial score (nSPS) is 10.0. The van der Waals surface area contributed by atoms with Crippen LogP contribution in [-0.2, 0) is 11.2 Å². The molecule has 0 saturated carbocycles. The third-order valence-electron chi connectivity index (χ3n) is 2.57. The lowest BCUT2D eigenvalue weighted by atomic mass is 10.2. The summed E-state index contributed by atoms with van der Waals surface area (Å²) < 4.78 is 10.1. The Labute approximate surface area is 111 Å². The van der Waals surface area contributed by atoms with Gasteiger partial charge in [-0.3, -0.25) is 0 Å². The molecule has 0 aliphatic rings. The number of esters is 1. The molecule has 5 heteroatoms. The molecule has 2 rings (SSSR count). The lowest BCUT2D eigenvalue weighted by Gasteiger charge is -2.04. The fourth-order valence-electron chi connectivity index (χ4n) is 1.46. The van der Waals surface area contributed by atoms with E-state index < -0.39 is 0 Å². The van der Waals surface area contributed by atoms with Gasteiger partial charge in [0.1, 0.15) is 5.75 Å². The van der Waals surface area contributed by atoms with E-state index in [2.05, 4.69) is 14.7 Å². The van der Waals surface area contributed by atoms with Gasteiger partial charge in [-0.2, -0.15) is 0 Å². The molecule has 1 aromatic heterocycles. The number of methoxy groups -OCH3 is 1. The van der Waals surface area contributed by atoms with Gasteiger partial charge < -0.3 is 9.47 Å². The first kappa shape index (κ1) is 13.0. The second-order valence-electron chi connectivity index (χ2n) is 3.85. The quantitative estimate of drug-likeness (QED) is 0.789. The van der Waals surface area contributed by atoms with Crippen LogP contribution in [0, 0.1) is 0 Å². The van der Waals surface area contributed by atoms with Gasteiger partial charge in [0, 0.05) is 12.4 Å². The van der Waals surface area contributed by atoms with Gasteiger partial charge in [-0.05, 0) is 36.2 Å². The monoisotopic (exact) mass is 258 g/mol. The Hall–Kier alpha value is -2.43. The zero-order valence-corrected chi connectivity index (χ0v) is 10.8. The summed E-state index contributed by atoms with van der Waals surface area (Å²) in [5.74, 6) is 0.187. The van der Waals surface area contributed by atoms with Crippen LogP contribution in [0.4, 0.5) is 0 Å². The van der Waals surface area contributed by atoms with Crippen molar-refractivity contribution in [1.82, 2.24) is 9.97 Å². The van der Waals surface area contributed by atoms with E-state index >= 15 is 0 Å². The molecule has 0 amide bonds. The number of hydrogen-bond donors (Lipinski definition) is 0. The highest BCUT2D eigenvalue weighted by atomic mass is 16.5. The predicted octanol–water partition coefficient (Wildman–Crippen LogP) is 2.62. The van der Waals surface area contributed by atoms with Crippen molar-refractivity contribution in [2.45, 2.75) is 13.3 Å². The smallest absolute Gasteiger partial charge is 0.337 e. The molecule has 0 spiro atoms. The first-order valence-corrected chi connectivity index (χ1v) is 5.90. The molecular weight excluding hydrogens is 244 g/mol. The van der Waals surface area contributed by atoms with Crippen molar-refractivity contribution in [2.75, 3.05) is 7.11 Å². The molecule has 0 saturated heterocycles. The van der Waals surface area contributed by atoms with Crippen LogP contribution < -0.4 is 4.74 Å². The van der Waals surface area contributed by atoms with Crippen molar-refractivity contribution in [2.24, 2.45) is 0 Å². The Balaban J connectivity index is 2.08. The Bertz CT molecular complexity index is 550. The molecule has 0 aliphatic carbocycles. The lowest BCUT2D eigenvalue weighted by molar-refractivity contribution is 0.0600. The summed E-state index contributed by atoms with van der Waals surface area (Å²) in [6, 6.07) is 6.87. The highest BCUT2D eigenvalue weighted by Crippen LogP contribution is 2.18. The maximum Gasteiger partial charge on any atom is 0.337 e. The summed E-state index contributed by atoms with van der Waals surface area (Å²) >= 11 is 0. The summed E-state index contributed by atoms with van der Waals surface area (Å²) in [7, 11) is 1.34. The standard InChI is InChI=1S/C14H14N2O3/c1-3-10-8-15-14(16-9-10)19-12-6-4-11(5-7-12)13(17)18-2/h4-9H,3H2,1-2H3. The highest BCUT2D eigenvalue weighted by Gasteiger charge is 2.06. The Morgan fingerprint density at radius 3 is 2.32 bits per heavy atom. The highest BCUT2D eigenvalue weighted by molar-refractivity contribution is 5.89. The van der Waals surface area contributed by atoms with E-state index in [0.29, 0.717) is 11.3 Å². The van der Waals surface area contributed by atoms with Crippen molar-refractivity contribution < 1.29 is 14.3 Å². The second-order valence-corrected chi connectivity index (χ2v) is 3.85. The van der Waals surface area contributed by atoms with Crippen LogP contribution in [-0.4, -0.2) is 23.0 Å². The number of aromatic nitrogens is 2. The van der Waals surface area contributed by atoms with Crippen LogP contribution in [0.2, 0.25) is 0 Å². The zero-order valence-electron chi connectivity index (χ0n) is 10.8. The molecule has 0 aliphatic heterocycles. The minimum atomic E-state index is -0.380. The van der Waals surface area contributed by atoms with Crippen LogP contribution >= 0.6 is 0 Å². The van der Waals surface area contributed by atoms with E-state index in [1.807, 2.05) is 6.92 Å². The van der Waals surface area contributed by atoms with Crippen LogP contribution in [0.1, 0.15) is 22.8 Å². The maximum atomic E-state index is 11.3. The van der Waals surface area contributed by atoms with Crippen LogP contribution in [0.25, 0.3) is 0 Å². The Kier molecular flexibility index (Phi) is 4.07. The lowest BCUT2D eigenvalue weighted by Crippen LogP contribution is -2.00. The molecule has 19 heavy (non-hydrogen) atoms. The van der Waals surface area contributed by atoms with E-state index in [4.69, 9.17) is 4.74 Å². The number of hydrogen-bond acceptors (Lipinski definition) is 5. The van der Waals surface area contributed by atoms with Gasteiger partial charge in [0.25, 0.3) is 0 Å². The average molecular weight is 258 g/mol. The molecule has 0 fully saturated rings.